The lowest BCUT2D eigenvalue weighted by molar-refractivity contribution is 0.0722. The number of likely N-dealkylation sites (tertiary alicyclic amines) is 1. The van der Waals surface area contributed by atoms with E-state index in [0.717, 1.165) is 56.5 Å². The van der Waals surface area contributed by atoms with Crippen molar-refractivity contribution in [2.24, 2.45) is 0 Å². The van der Waals surface area contributed by atoms with Gasteiger partial charge < -0.3 is 4.90 Å². The first-order valence-electron chi connectivity index (χ1n) is 10.7. The fourth-order valence-corrected chi connectivity index (χ4v) is 5.97. The van der Waals surface area contributed by atoms with Gasteiger partial charge in [0.05, 0.1) is 23.2 Å². The lowest BCUT2D eigenvalue weighted by Crippen LogP contribution is -2.41. The predicted molar refractivity (Wildman–Crippen MR) is 114 cm³/mol. The van der Waals surface area contributed by atoms with Crippen LogP contribution in [-0.2, 0) is 16.4 Å². The van der Waals surface area contributed by atoms with Gasteiger partial charge in [0.25, 0.3) is 5.91 Å². The predicted octanol–water partition coefficient (Wildman–Crippen LogP) is 2.18. The molecular weight excluding hydrogens is 402 g/mol. The minimum atomic E-state index is -3.38. The quantitative estimate of drug-likeness (QED) is 0.756. The number of rotatable bonds is 6. The second kappa shape index (κ2) is 9.26. The number of hydrogen-bond donors (Lipinski definition) is 1. The summed E-state index contributed by atoms with van der Waals surface area (Å²) in [6.45, 7) is 2.48. The van der Waals surface area contributed by atoms with Gasteiger partial charge in [-0.2, -0.15) is 5.10 Å². The molecule has 0 aliphatic carbocycles. The minimum absolute atomic E-state index is 0.0103. The number of pyridine rings is 1. The maximum Gasteiger partial charge on any atom is 0.257 e. The topological polar surface area (TPSA) is 99.3 Å². The van der Waals surface area contributed by atoms with Gasteiger partial charge in [0, 0.05) is 44.5 Å². The Kier molecular flexibility index (Phi) is 6.48. The van der Waals surface area contributed by atoms with Gasteiger partial charge in [-0.25, -0.2) is 12.7 Å². The molecular formula is C21H29N5O3S. The maximum atomic E-state index is 13.0. The summed E-state index contributed by atoms with van der Waals surface area (Å²) in [7, 11) is -3.38. The van der Waals surface area contributed by atoms with Gasteiger partial charge in [-0.15, -0.1) is 0 Å². The molecule has 0 unspecified atom stereocenters. The molecule has 2 fully saturated rings. The van der Waals surface area contributed by atoms with E-state index in [4.69, 9.17) is 0 Å². The van der Waals surface area contributed by atoms with Crippen LogP contribution in [0.15, 0.2) is 30.7 Å². The van der Waals surface area contributed by atoms with Crippen molar-refractivity contribution in [1.82, 2.24) is 24.4 Å². The Morgan fingerprint density at radius 3 is 2.63 bits per heavy atom. The number of hydrogen-bond acceptors (Lipinski definition) is 5. The Bertz CT molecular complexity index is 954. The number of amides is 1. The molecule has 1 N–H and O–H groups in total. The number of nitrogens with one attached hydrogen (secondary N) is 1. The molecule has 0 bridgehead atoms. The van der Waals surface area contributed by atoms with E-state index in [1.807, 2.05) is 17.0 Å². The summed E-state index contributed by atoms with van der Waals surface area (Å²) in [4.78, 5) is 18.9. The van der Waals surface area contributed by atoms with Crippen molar-refractivity contribution in [3.8, 4) is 0 Å². The van der Waals surface area contributed by atoms with E-state index >= 15 is 0 Å². The largest absolute Gasteiger partial charge is 0.339 e. The van der Waals surface area contributed by atoms with Crippen molar-refractivity contribution in [3.05, 3.63) is 47.5 Å². The van der Waals surface area contributed by atoms with Gasteiger partial charge in [-0.1, -0.05) is 0 Å². The molecule has 0 radical (unpaired) electrons. The van der Waals surface area contributed by atoms with E-state index in [0.29, 0.717) is 25.1 Å². The monoisotopic (exact) mass is 431 g/mol. The zero-order chi connectivity index (χ0) is 21.0. The van der Waals surface area contributed by atoms with Gasteiger partial charge >= 0.3 is 0 Å². The number of H-pyrrole nitrogens is 1. The smallest absolute Gasteiger partial charge is 0.257 e. The van der Waals surface area contributed by atoms with Crippen LogP contribution in [0.5, 0.6) is 0 Å². The first kappa shape index (κ1) is 21.0. The second-order valence-electron chi connectivity index (χ2n) is 8.17. The summed E-state index contributed by atoms with van der Waals surface area (Å²) in [6.07, 6.45) is 10.3. The number of carbonyl (C=O) groups excluding carboxylic acids is 1. The van der Waals surface area contributed by atoms with Crippen molar-refractivity contribution >= 4 is 15.9 Å². The average molecular weight is 432 g/mol. The lowest BCUT2D eigenvalue weighted by Gasteiger charge is -2.32. The summed E-state index contributed by atoms with van der Waals surface area (Å²) in [5.74, 6) is 0.0449. The highest BCUT2D eigenvalue weighted by atomic mass is 32.2. The van der Waals surface area contributed by atoms with Crippen LogP contribution < -0.4 is 0 Å². The molecule has 1 amide bonds. The molecule has 0 saturated carbocycles. The Morgan fingerprint density at radius 1 is 1.10 bits per heavy atom. The van der Waals surface area contributed by atoms with Gasteiger partial charge in [0.2, 0.25) is 10.0 Å². The number of aromatic nitrogens is 3. The molecule has 0 aromatic carbocycles. The molecule has 9 heteroatoms. The van der Waals surface area contributed by atoms with Crippen molar-refractivity contribution in [3.63, 3.8) is 0 Å². The Morgan fingerprint density at radius 2 is 1.87 bits per heavy atom. The highest BCUT2D eigenvalue weighted by Gasteiger charge is 2.33. The number of nitrogens with zero attached hydrogens (tertiary/aromatic N) is 4. The van der Waals surface area contributed by atoms with Crippen LogP contribution in [0.2, 0.25) is 0 Å². The third-order valence-electron chi connectivity index (χ3n) is 6.13. The number of aryl methyl sites for hydroxylation is 1. The summed E-state index contributed by atoms with van der Waals surface area (Å²) in [5, 5.41) is 7.13. The minimum Gasteiger partial charge on any atom is -0.339 e. The van der Waals surface area contributed by atoms with Crippen molar-refractivity contribution < 1.29 is 13.2 Å². The molecule has 162 valence electrons. The molecule has 8 nitrogen and oxygen atoms in total. The summed E-state index contributed by atoms with van der Waals surface area (Å²) < 4.78 is 27.5. The highest BCUT2D eigenvalue weighted by molar-refractivity contribution is 7.89. The first-order chi connectivity index (χ1) is 14.5. The molecule has 1 atom stereocenters. The Balaban J connectivity index is 1.44. The number of piperidine rings is 2. The fourth-order valence-electron chi connectivity index (χ4n) is 4.40. The van der Waals surface area contributed by atoms with Crippen LogP contribution in [0.3, 0.4) is 0 Å². The highest BCUT2D eigenvalue weighted by Crippen LogP contribution is 2.30. The van der Waals surface area contributed by atoms with E-state index in [1.165, 1.54) is 0 Å². The van der Waals surface area contributed by atoms with Crippen LogP contribution in [0.4, 0.5) is 0 Å². The zero-order valence-electron chi connectivity index (χ0n) is 17.2. The van der Waals surface area contributed by atoms with Gasteiger partial charge in [0.1, 0.15) is 0 Å². The van der Waals surface area contributed by atoms with E-state index in [9.17, 15) is 13.2 Å². The SMILES string of the molecule is O=C(c1cn[nH]c1[C@@H]1CCCN(S(=O)(=O)CCc2ccncc2)C1)N1CCCCC1. The van der Waals surface area contributed by atoms with Crippen molar-refractivity contribution in [2.45, 2.75) is 44.4 Å². The van der Waals surface area contributed by atoms with Crippen molar-refractivity contribution in [2.75, 3.05) is 31.9 Å². The second-order valence-corrected chi connectivity index (χ2v) is 10.3. The fraction of sp³-hybridized carbons (Fsp3) is 0.571. The Labute approximate surface area is 177 Å². The van der Waals surface area contributed by atoms with Crippen molar-refractivity contribution in [1.29, 1.82) is 0 Å². The molecule has 2 aliphatic heterocycles. The number of carbonyl (C=O) groups is 1. The van der Waals surface area contributed by atoms with Crippen LogP contribution in [0.25, 0.3) is 0 Å². The van der Waals surface area contributed by atoms with Crippen LogP contribution in [0.1, 0.15) is 59.6 Å². The Hall–Kier alpha value is -2.26. The third kappa shape index (κ3) is 4.73. The first-order valence-corrected chi connectivity index (χ1v) is 12.3. The van der Waals surface area contributed by atoms with E-state index in [-0.39, 0.29) is 17.6 Å². The van der Waals surface area contributed by atoms with E-state index in [2.05, 4.69) is 15.2 Å². The van der Waals surface area contributed by atoms with E-state index in [1.54, 1.807) is 22.9 Å². The molecule has 2 aliphatic rings. The third-order valence-corrected chi connectivity index (χ3v) is 7.96. The standard InChI is InChI=1S/C21H29N5O3S/c27-21(25-11-2-1-3-12-25)19-15-23-24-20(19)18-5-4-13-26(16-18)30(28,29)14-8-17-6-9-22-10-7-17/h6-7,9-10,15,18H,1-5,8,11-14,16H2,(H,23,24)/t18-/m1/s1. The average Bonchev–Trinajstić information content (AvgIpc) is 3.29. The van der Waals surface area contributed by atoms with Crippen LogP contribution in [-0.4, -0.2) is 70.6 Å². The normalized spacial score (nSPS) is 20.9. The molecule has 0 spiro atoms. The molecule has 2 aromatic heterocycles. The maximum absolute atomic E-state index is 13.0. The van der Waals surface area contributed by atoms with Crippen LogP contribution >= 0.6 is 0 Å². The number of sulfonamides is 1. The van der Waals surface area contributed by atoms with E-state index < -0.39 is 10.0 Å². The van der Waals surface area contributed by atoms with Crippen LogP contribution in [0, 0.1) is 0 Å². The molecule has 2 aromatic rings. The van der Waals surface area contributed by atoms with Gasteiger partial charge in [-0.3, -0.25) is 14.9 Å². The lowest BCUT2D eigenvalue weighted by atomic mass is 9.93. The molecule has 4 rings (SSSR count). The summed E-state index contributed by atoms with van der Waals surface area (Å²) >= 11 is 0. The molecule has 30 heavy (non-hydrogen) atoms. The zero-order valence-corrected chi connectivity index (χ0v) is 18.0. The molecule has 4 heterocycles. The molecule has 2 saturated heterocycles. The summed E-state index contributed by atoms with van der Waals surface area (Å²) in [5.41, 5.74) is 2.34. The number of aromatic amines is 1. The summed E-state index contributed by atoms with van der Waals surface area (Å²) in [6, 6.07) is 3.69. The van der Waals surface area contributed by atoms with Gasteiger partial charge in [-0.05, 0) is 56.2 Å². The van der Waals surface area contributed by atoms with Gasteiger partial charge in [0.15, 0.2) is 0 Å².